The number of rotatable bonds is 5. The predicted octanol–water partition coefficient (Wildman–Crippen LogP) is 0.525. The van der Waals surface area contributed by atoms with E-state index in [-0.39, 0.29) is 18.1 Å². The molecule has 2 unspecified atom stereocenters. The SMILES string of the molecule is CC(NC(=O)NC[C@H]1CCCN1S(C)(=O)=O)C1CCCOC1. The van der Waals surface area contributed by atoms with Crippen molar-refractivity contribution in [2.45, 2.75) is 44.7 Å². The molecule has 2 heterocycles. The summed E-state index contributed by atoms with van der Waals surface area (Å²) < 4.78 is 30.2. The van der Waals surface area contributed by atoms with E-state index in [1.165, 1.54) is 10.6 Å². The molecule has 0 radical (unpaired) electrons. The molecule has 0 aromatic carbocycles. The Balaban J connectivity index is 1.75. The van der Waals surface area contributed by atoms with Gasteiger partial charge in [-0.3, -0.25) is 0 Å². The van der Waals surface area contributed by atoms with E-state index >= 15 is 0 Å². The molecule has 8 heteroatoms. The lowest BCUT2D eigenvalue weighted by atomic mass is 9.95. The van der Waals surface area contributed by atoms with E-state index in [0.717, 1.165) is 32.3 Å². The van der Waals surface area contributed by atoms with Gasteiger partial charge in [-0.2, -0.15) is 4.31 Å². The number of sulfonamides is 1. The molecule has 128 valence electrons. The zero-order chi connectivity index (χ0) is 16.2. The van der Waals surface area contributed by atoms with Crippen molar-refractivity contribution in [3.05, 3.63) is 0 Å². The van der Waals surface area contributed by atoms with Crippen LogP contribution in [0.2, 0.25) is 0 Å². The number of ether oxygens (including phenoxy) is 1. The Bertz CT molecular complexity index is 476. The molecule has 2 aliphatic rings. The van der Waals surface area contributed by atoms with E-state index in [0.29, 0.717) is 25.6 Å². The molecule has 2 rings (SSSR count). The van der Waals surface area contributed by atoms with Crippen molar-refractivity contribution in [3.8, 4) is 0 Å². The van der Waals surface area contributed by atoms with E-state index < -0.39 is 10.0 Å². The van der Waals surface area contributed by atoms with Gasteiger partial charge in [0, 0.05) is 37.7 Å². The molecular formula is C14H27N3O4S. The standard InChI is InChI=1S/C14H27N3O4S/c1-11(12-5-4-8-21-10-12)16-14(18)15-9-13-6-3-7-17(13)22(2,19)20/h11-13H,3-10H2,1-2H3,(H2,15,16,18)/t11?,12?,13-/m1/s1. The molecule has 0 bridgehead atoms. The fourth-order valence-electron chi connectivity index (χ4n) is 3.20. The van der Waals surface area contributed by atoms with Gasteiger partial charge in [-0.05, 0) is 32.6 Å². The third kappa shape index (κ3) is 4.82. The lowest BCUT2D eigenvalue weighted by Crippen LogP contribution is -2.49. The monoisotopic (exact) mass is 333 g/mol. The molecular weight excluding hydrogens is 306 g/mol. The fraction of sp³-hybridized carbons (Fsp3) is 0.929. The topological polar surface area (TPSA) is 87.7 Å². The zero-order valence-corrected chi connectivity index (χ0v) is 14.2. The van der Waals surface area contributed by atoms with Gasteiger partial charge in [0.25, 0.3) is 0 Å². The Labute approximate surface area is 132 Å². The van der Waals surface area contributed by atoms with Crippen LogP contribution in [0.1, 0.15) is 32.6 Å². The number of carbonyl (C=O) groups is 1. The van der Waals surface area contributed by atoms with E-state index in [1.807, 2.05) is 6.92 Å². The normalized spacial score (nSPS) is 28.3. The number of amides is 2. The van der Waals surface area contributed by atoms with Crippen LogP contribution in [0.25, 0.3) is 0 Å². The Hall–Kier alpha value is -0.860. The van der Waals surface area contributed by atoms with Crippen LogP contribution >= 0.6 is 0 Å². The summed E-state index contributed by atoms with van der Waals surface area (Å²) in [5.41, 5.74) is 0. The van der Waals surface area contributed by atoms with E-state index in [9.17, 15) is 13.2 Å². The first-order chi connectivity index (χ1) is 10.4. The Morgan fingerprint density at radius 1 is 1.36 bits per heavy atom. The van der Waals surface area contributed by atoms with Crippen molar-refractivity contribution >= 4 is 16.1 Å². The molecule has 2 fully saturated rings. The van der Waals surface area contributed by atoms with E-state index in [4.69, 9.17) is 4.74 Å². The molecule has 0 saturated carbocycles. The Kier molecular flexibility index (Phi) is 6.05. The summed E-state index contributed by atoms with van der Waals surface area (Å²) >= 11 is 0. The maximum Gasteiger partial charge on any atom is 0.315 e. The Morgan fingerprint density at radius 3 is 2.77 bits per heavy atom. The van der Waals surface area contributed by atoms with Crippen LogP contribution in [-0.2, 0) is 14.8 Å². The number of urea groups is 1. The van der Waals surface area contributed by atoms with Gasteiger partial charge in [0.1, 0.15) is 0 Å². The van der Waals surface area contributed by atoms with Gasteiger partial charge in [0.15, 0.2) is 0 Å². The largest absolute Gasteiger partial charge is 0.381 e. The first-order valence-electron chi connectivity index (χ1n) is 7.97. The molecule has 0 aromatic rings. The van der Waals surface area contributed by atoms with Gasteiger partial charge >= 0.3 is 6.03 Å². The van der Waals surface area contributed by atoms with Crippen LogP contribution < -0.4 is 10.6 Å². The first kappa shape index (κ1) is 17.5. The number of hydrogen-bond acceptors (Lipinski definition) is 4. The third-order valence-corrected chi connectivity index (χ3v) is 5.84. The summed E-state index contributed by atoms with van der Waals surface area (Å²) in [4.78, 5) is 12.0. The summed E-state index contributed by atoms with van der Waals surface area (Å²) in [6.07, 6.45) is 4.95. The molecule has 3 atom stereocenters. The van der Waals surface area contributed by atoms with Crippen molar-refractivity contribution in [2.24, 2.45) is 5.92 Å². The van der Waals surface area contributed by atoms with Crippen molar-refractivity contribution in [3.63, 3.8) is 0 Å². The van der Waals surface area contributed by atoms with Crippen LogP contribution in [-0.4, -0.2) is 63.4 Å². The minimum absolute atomic E-state index is 0.0508. The van der Waals surface area contributed by atoms with E-state index in [1.54, 1.807) is 0 Å². The average Bonchev–Trinajstić information content (AvgIpc) is 2.94. The van der Waals surface area contributed by atoms with E-state index in [2.05, 4.69) is 10.6 Å². The molecule has 0 spiro atoms. The maximum atomic E-state index is 12.0. The van der Waals surface area contributed by atoms with Crippen LogP contribution in [0.4, 0.5) is 4.79 Å². The minimum Gasteiger partial charge on any atom is -0.381 e. The van der Waals surface area contributed by atoms with Crippen LogP contribution in [0.5, 0.6) is 0 Å². The minimum atomic E-state index is -3.19. The summed E-state index contributed by atoms with van der Waals surface area (Å²) in [5, 5.41) is 5.73. The lowest BCUT2D eigenvalue weighted by Gasteiger charge is -2.28. The highest BCUT2D eigenvalue weighted by Gasteiger charge is 2.31. The second-order valence-electron chi connectivity index (χ2n) is 6.29. The van der Waals surface area contributed by atoms with Gasteiger partial charge < -0.3 is 15.4 Å². The average molecular weight is 333 g/mol. The summed E-state index contributed by atoms with van der Waals surface area (Å²) in [6.45, 7) is 4.37. The molecule has 2 amide bonds. The molecule has 0 aliphatic carbocycles. The third-order valence-electron chi connectivity index (χ3n) is 4.51. The smallest absolute Gasteiger partial charge is 0.315 e. The zero-order valence-electron chi connectivity index (χ0n) is 13.4. The summed E-state index contributed by atoms with van der Waals surface area (Å²) in [6, 6.07) is -0.317. The van der Waals surface area contributed by atoms with Gasteiger partial charge in [-0.1, -0.05) is 0 Å². The number of carbonyl (C=O) groups excluding carboxylic acids is 1. The lowest BCUT2D eigenvalue weighted by molar-refractivity contribution is 0.0435. The molecule has 2 saturated heterocycles. The number of nitrogens with one attached hydrogen (secondary N) is 2. The molecule has 7 nitrogen and oxygen atoms in total. The molecule has 2 aliphatic heterocycles. The fourth-order valence-corrected chi connectivity index (χ4v) is 4.38. The predicted molar refractivity (Wildman–Crippen MR) is 84.1 cm³/mol. The highest BCUT2D eigenvalue weighted by Crippen LogP contribution is 2.20. The maximum absolute atomic E-state index is 12.0. The van der Waals surface area contributed by atoms with Crippen LogP contribution in [0, 0.1) is 5.92 Å². The molecule has 0 aromatic heterocycles. The van der Waals surface area contributed by atoms with Crippen molar-refractivity contribution < 1.29 is 17.9 Å². The number of hydrogen-bond donors (Lipinski definition) is 2. The van der Waals surface area contributed by atoms with Gasteiger partial charge in [-0.15, -0.1) is 0 Å². The molecule has 2 N–H and O–H groups in total. The van der Waals surface area contributed by atoms with Crippen LogP contribution in [0.3, 0.4) is 0 Å². The van der Waals surface area contributed by atoms with Crippen LogP contribution in [0.15, 0.2) is 0 Å². The quantitative estimate of drug-likeness (QED) is 0.768. The van der Waals surface area contributed by atoms with Crippen molar-refractivity contribution in [1.82, 2.24) is 14.9 Å². The van der Waals surface area contributed by atoms with Gasteiger partial charge in [0.05, 0.1) is 12.9 Å². The Morgan fingerprint density at radius 2 is 2.14 bits per heavy atom. The van der Waals surface area contributed by atoms with Crippen molar-refractivity contribution in [1.29, 1.82) is 0 Å². The second kappa shape index (κ2) is 7.61. The second-order valence-corrected chi connectivity index (χ2v) is 8.23. The highest BCUT2D eigenvalue weighted by molar-refractivity contribution is 7.88. The summed E-state index contributed by atoms with van der Waals surface area (Å²) in [7, 11) is -3.19. The number of nitrogens with zero attached hydrogens (tertiary/aromatic N) is 1. The molecule has 22 heavy (non-hydrogen) atoms. The first-order valence-corrected chi connectivity index (χ1v) is 9.81. The van der Waals surface area contributed by atoms with Gasteiger partial charge in [0.2, 0.25) is 10.0 Å². The summed E-state index contributed by atoms with van der Waals surface area (Å²) in [5.74, 6) is 0.346. The van der Waals surface area contributed by atoms with Gasteiger partial charge in [-0.25, -0.2) is 13.2 Å². The highest BCUT2D eigenvalue weighted by atomic mass is 32.2. The van der Waals surface area contributed by atoms with Crippen molar-refractivity contribution in [2.75, 3.05) is 32.6 Å².